The molecule has 0 N–H and O–H groups in total. The fourth-order valence-electron chi connectivity index (χ4n) is 2.02. The van der Waals surface area contributed by atoms with E-state index >= 15 is 0 Å². The van der Waals surface area contributed by atoms with Crippen LogP contribution in [0.3, 0.4) is 0 Å². The number of hydrogen-bond donors (Lipinski definition) is 0. The van der Waals surface area contributed by atoms with Crippen LogP contribution in [0.5, 0.6) is 0 Å². The highest BCUT2D eigenvalue weighted by atomic mass is 32.1. The SMILES string of the molecule is Cc1ccn(Cc2nc(-c3ccc(F)cc3)cs2)c(=O)c1. The Labute approximate surface area is 125 Å². The molecule has 0 amide bonds. The molecular weight excluding hydrogens is 287 g/mol. The van der Waals surface area contributed by atoms with Gasteiger partial charge in [0.05, 0.1) is 12.2 Å². The van der Waals surface area contributed by atoms with E-state index in [9.17, 15) is 9.18 Å². The summed E-state index contributed by atoms with van der Waals surface area (Å²) in [4.78, 5) is 16.4. The van der Waals surface area contributed by atoms with Gasteiger partial charge in [0.2, 0.25) is 0 Å². The molecule has 0 fully saturated rings. The molecule has 3 rings (SSSR count). The highest BCUT2D eigenvalue weighted by Crippen LogP contribution is 2.22. The van der Waals surface area contributed by atoms with Crippen molar-refractivity contribution >= 4 is 11.3 Å². The Morgan fingerprint density at radius 1 is 1.24 bits per heavy atom. The van der Waals surface area contributed by atoms with Crippen LogP contribution in [-0.2, 0) is 6.54 Å². The molecule has 1 aromatic carbocycles. The number of nitrogens with zero attached hydrogens (tertiary/aromatic N) is 2. The molecular formula is C16H13FN2OS. The quantitative estimate of drug-likeness (QED) is 0.742. The average Bonchev–Trinajstić information content (AvgIpc) is 2.91. The topological polar surface area (TPSA) is 34.9 Å². The van der Waals surface area contributed by atoms with Gasteiger partial charge in [0.1, 0.15) is 10.8 Å². The largest absolute Gasteiger partial charge is 0.309 e. The number of thiazole rings is 1. The van der Waals surface area contributed by atoms with E-state index in [1.165, 1.54) is 23.5 Å². The third kappa shape index (κ3) is 3.08. The standard InChI is InChI=1S/C16H13FN2OS/c1-11-6-7-19(16(20)8-11)9-15-18-14(10-21-15)12-2-4-13(17)5-3-12/h2-8,10H,9H2,1H3. The maximum Gasteiger partial charge on any atom is 0.251 e. The number of benzene rings is 1. The molecule has 21 heavy (non-hydrogen) atoms. The molecule has 3 nitrogen and oxygen atoms in total. The lowest BCUT2D eigenvalue weighted by Gasteiger charge is -2.02. The first kappa shape index (κ1) is 13.7. The lowest BCUT2D eigenvalue weighted by molar-refractivity contribution is 0.628. The van der Waals surface area contributed by atoms with Crippen LogP contribution in [0.1, 0.15) is 10.6 Å². The van der Waals surface area contributed by atoms with Gasteiger partial charge in [0, 0.05) is 23.2 Å². The van der Waals surface area contributed by atoms with Crippen molar-refractivity contribution in [2.75, 3.05) is 0 Å². The Bertz CT molecular complexity index is 821. The number of rotatable bonds is 3. The van der Waals surface area contributed by atoms with Gasteiger partial charge in [-0.05, 0) is 42.8 Å². The summed E-state index contributed by atoms with van der Waals surface area (Å²) in [6, 6.07) is 9.74. The van der Waals surface area contributed by atoms with Crippen LogP contribution < -0.4 is 5.56 Å². The molecule has 0 atom stereocenters. The van der Waals surface area contributed by atoms with E-state index < -0.39 is 0 Å². The van der Waals surface area contributed by atoms with E-state index in [0.717, 1.165) is 21.8 Å². The van der Waals surface area contributed by atoms with Gasteiger partial charge in [-0.3, -0.25) is 4.79 Å². The van der Waals surface area contributed by atoms with Crippen molar-refractivity contribution in [2.24, 2.45) is 0 Å². The van der Waals surface area contributed by atoms with Crippen LogP contribution in [0.15, 0.2) is 52.8 Å². The molecule has 0 spiro atoms. The second-order valence-corrected chi connectivity index (χ2v) is 5.75. The Hall–Kier alpha value is -2.27. The van der Waals surface area contributed by atoms with E-state index in [0.29, 0.717) is 6.54 Å². The van der Waals surface area contributed by atoms with Crippen LogP contribution >= 0.6 is 11.3 Å². The van der Waals surface area contributed by atoms with Crippen molar-refractivity contribution < 1.29 is 4.39 Å². The molecule has 5 heteroatoms. The van der Waals surface area contributed by atoms with Crippen molar-refractivity contribution in [2.45, 2.75) is 13.5 Å². The first-order valence-corrected chi connectivity index (χ1v) is 7.37. The van der Waals surface area contributed by atoms with Crippen molar-refractivity contribution in [1.82, 2.24) is 9.55 Å². The second kappa shape index (κ2) is 5.61. The van der Waals surface area contributed by atoms with E-state index in [1.807, 2.05) is 18.4 Å². The molecule has 0 saturated heterocycles. The van der Waals surface area contributed by atoms with Crippen LogP contribution in [-0.4, -0.2) is 9.55 Å². The summed E-state index contributed by atoms with van der Waals surface area (Å²) in [7, 11) is 0. The zero-order chi connectivity index (χ0) is 14.8. The normalized spacial score (nSPS) is 10.8. The molecule has 0 aliphatic heterocycles. The predicted octanol–water partition coefficient (Wildman–Crippen LogP) is 3.47. The van der Waals surface area contributed by atoms with Crippen LogP contribution in [0, 0.1) is 12.7 Å². The third-order valence-electron chi connectivity index (χ3n) is 3.15. The van der Waals surface area contributed by atoms with E-state index in [2.05, 4.69) is 4.98 Å². The molecule has 0 saturated carbocycles. The molecule has 0 radical (unpaired) electrons. The minimum atomic E-state index is -0.264. The minimum Gasteiger partial charge on any atom is -0.309 e. The van der Waals surface area contributed by atoms with Crippen molar-refractivity contribution in [1.29, 1.82) is 0 Å². The van der Waals surface area contributed by atoms with Crippen molar-refractivity contribution in [3.05, 3.63) is 74.7 Å². The molecule has 106 valence electrons. The molecule has 3 aromatic rings. The number of aryl methyl sites for hydroxylation is 1. The molecule has 0 aliphatic rings. The lowest BCUT2D eigenvalue weighted by Crippen LogP contribution is -2.19. The maximum atomic E-state index is 12.9. The van der Waals surface area contributed by atoms with Gasteiger partial charge < -0.3 is 4.57 Å². The Kier molecular flexibility index (Phi) is 3.66. The van der Waals surface area contributed by atoms with Gasteiger partial charge >= 0.3 is 0 Å². The van der Waals surface area contributed by atoms with Gasteiger partial charge in [0.15, 0.2) is 0 Å². The van der Waals surface area contributed by atoms with E-state index in [4.69, 9.17) is 0 Å². The summed E-state index contributed by atoms with van der Waals surface area (Å²) >= 11 is 1.49. The predicted molar refractivity (Wildman–Crippen MR) is 82.0 cm³/mol. The average molecular weight is 300 g/mol. The van der Waals surface area contributed by atoms with Crippen molar-refractivity contribution in [3.8, 4) is 11.3 Å². The Balaban J connectivity index is 1.85. The van der Waals surface area contributed by atoms with Gasteiger partial charge in [-0.25, -0.2) is 9.37 Å². The maximum absolute atomic E-state index is 12.9. The van der Waals surface area contributed by atoms with Gasteiger partial charge in [0.25, 0.3) is 5.56 Å². The summed E-state index contributed by atoms with van der Waals surface area (Å²) in [6.45, 7) is 2.34. The first-order chi connectivity index (χ1) is 10.1. The summed E-state index contributed by atoms with van der Waals surface area (Å²) in [5.74, 6) is -0.264. The number of hydrogen-bond acceptors (Lipinski definition) is 3. The smallest absolute Gasteiger partial charge is 0.251 e. The highest BCUT2D eigenvalue weighted by molar-refractivity contribution is 7.09. The fourth-order valence-corrected chi connectivity index (χ4v) is 2.82. The minimum absolute atomic E-state index is 0.0338. The monoisotopic (exact) mass is 300 g/mol. The fraction of sp³-hybridized carbons (Fsp3) is 0.125. The second-order valence-electron chi connectivity index (χ2n) is 4.80. The number of pyridine rings is 1. The van der Waals surface area contributed by atoms with Crippen LogP contribution in [0.4, 0.5) is 4.39 Å². The summed E-state index contributed by atoms with van der Waals surface area (Å²) in [6.07, 6.45) is 1.77. The molecule has 2 aromatic heterocycles. The Morgan fingerprint density at radius 3 is 2.71 bits per heavy atom. The molecule has 0 bridgehead atoms. The summed E-state index contributed by atoms with van der Waals surface area (Å²) in [5.41, 5.74) is 2.58. The van der Waals surface area contributed by atoms with Gasteiger partial charge in [-0.15, -0.1) is 11.3 Å². The molecule has 0 unspecified atom stereocenters. The molecule has 0 aliphatic carbocycles. The van der Waals surface area contributed by atoms with E-state index in [-0.39, 0.29) is 11.4 Å². The Morgan fingerprint density at radius 2 is 2.00 bits per heavy atom. The first-order valence-electron chi connectivity index (χ1n) is 6.49. The van der Waals surface area contributed by atoms with E-state index in [1.54, 1.807) is 29.0 Å². The van der Waals surface area contributed by atoms with Gasteiger partial charge in [-0.1, -0.05) is 0 Å². The summed E-state index contributed by atoms with van der Waals surface area (Å²) in [5, 5.41) is 2.77. The van der Waals surface area contributed by atoms with Crippen LogP contribution in [0.25, 0.3) is 11.3 Å². The lowest BCUT2D eigenvalue weighted by atomic mass is 10.2. The highest BCUT2D eigenvalue weighted by Gasteiger charge is 2.06. The zero-order valence-corrected chi connectivity index (χ0v) is 12.2. The van der Waals surface area contributed by atoms with Crippen molar-refractivity contribution in [3.63, 3.8) is 0 Å². The van der Waals surface area contributed by atoms with Gasteiger partial charge in [-0.2, -0.15) is 0 Å². The number of halogens is 1. The summed E-state index contributed by atoms with van der Waals surface area (Å²) < 4.78 is 14.5. The molecule has 2 heterocycles. The number of aromatic nitrogens is 2. The zero-order valence-electron chi connectivity index (χ0n) is 11.4. The van der Waals surface area contributed by atoms with Crippen LogP contribution in [0.2, 0.25) is 0 Å². The third-order valence-corrected chi connectivity index (χ3v) is 3.98.